The average molecular weight is 380 g/mol. The Morgan fingerprint density at radius 1 is 1.29 bits per heavy atom. The van der Waals surface area contributed by atoms with E-state index < -0.39 is 0 Å². The molecule has 7 heteroatoms. The molecule has 2 aromatic rings. The van der Waals surface area contributed by atoms with Gasteiger partial charge in [0.15, 0.2) is 5.69 Å². The molecule has 28 heavy (non-hydrogen) atoms. The molecule has 0 aromatic carbocycles. The van der Waals surface area contributed by atoms with E-state index in [9.17, 15) is 4.79 Å². The SMILES string of the molecule is CN(C)c1ncc2c(n1)C1(CCCN(C(=O)c3cc(C4CC4)n(C)n3)C1)CC2. The summed E-state index contributed by atoms with van der Waals surface area (Å²) < 4.78 is 1.89. The molecule has 1 unspecified atom stereocenters. The predicted molar refractivity (Wildman–Crippen MR) is 107 cm³/mol. The third-order valence-electron chi connectivity index (χ3n) is 6.62. The molecule has 1 atom stereocenters. The summed E-state index contributed by atoms with van der Waals surface area (Å²) in [6.45, 7) is 1.54. The molecule has 1 saturated heterocycles. The molecule has 7 nitrogen and oxygen atoms in total. The number of amides is 1. The van der Waals surface area contributed by atoms with Gasteiger partial charge in [-0.1, -0.05) is 0 Å². The van der Waals surface area contributed by atoms with E-state index in [4.69, 9.17) is 4.98 Å². The first-order valence-corrected chi connectivity index (χ1v) is 10.3. The molecule has 1 amide bonds. The molecular formula is C21H28N6O. The Morgan fingerprint density at radius 3 is 2.86 bits per heavy atom. The van der Waals surface area contributed by atoms with Gasteiger partial charge in [-0.05, 0) is 50.2 Å². The van der Waals surface area contributed by atoms with Gasteiger partial charge in [0.1, 0.15) is 0 Å². The second-order valence-corrected chi connectivity index (χ2v) is 8.90. The number of aromatic nitrogens is 4. The average Bonchev–Trinajstić information content (AvgIpc) is 3.39. The van der Waals surface area contributed by atoms with E-state index in [2.05, 4.69) is 10.1 Å². The highest BCUT2D eigenvalue weighted by Crippen LogP contribution is 2.45. The van der Waals surface area contributed by atoms with Crippen molar-refractivity contribution in [2.75, 3.05) is 32.1 Å². The maximum absolute atomic E-state index is 13.2. The maximum atomic E-state index is 13.2. The monoisotopic (exact) mass is 380 g/mol. The van der Waals surface area contributed by atoms with E-state index in [-0.39, 0.29) is 11.3 Å². The van der Waals surface area contributed by atoms with Crippen LogP contribution in [0, 0.1) is 0 Å². The van der Waals surface area contributed by atoms with Gasteiger partial charge in [0, 0.05) is 57.5 Å². The van der Waals surface area contributed by atoms with Gasteiger partial charge in [-0.15, -0.1) is 0 Å². The minimum Gasteiger partial charge on any atom is -0.347 e. The molecule has 2 aliphatic carbocycles. The van der Waals surface area contributed by atoms with E-state index in [0.717, 1.165) is 50.4 Å². The van der Waals surface area contributed by atoms with Crippen LogP contribution in [0.15, 0.2) is 12.3 Å². The van der Waals surface area contributed by atoms with Gasteiger partial charge >= 0.3 is 0 Å². The van der Waals surface area contributed by atoms with Crippen molar-refractivity contribution in [1.29, 1.82) is 0 Å². The maximum Gasteiger partial charge on any atom is 0.274 e. The lowest BCUT2D eigenvalue weighted by molar-refractivity contribution is 0.0626. The summed E-state index contributed by atoms with van der Waals surface area (Å²) in [5.74, 6) is 1.41. The van der Waals surface area contributed by atoms with Crippen molar-refractivity contribution < 1.29 is 4.79 Å². The number of nitrogens with zero attached hydrogens (tertiary/aromatic N) is 6. The number of rotatable bonds is 3. The van der Waals surface area contributed by atoms with Gasteiger partial charge in [0.2, 0.25) is 5.95 Å². The minimum absolute atomic E-state index is 0.0367. The fourth-order valence-corrected chi connectivity index (χ4v) is 4.96. The first-order chi connectivity index (χ1) is 13.5. The van der Waals surface area contributed by atoms with Crippen molar-refractivity contribution in [1.82, 2.24) is 24.6 Å². The normalized spacial score (nSPS) is 23.9. The number of hydrogen-bond acceptors (Lipinski definition) is 5. The van der Waals surface area contributed by atoms with E-state index in [1.54, 1.807) is 0 Å². The van der Waals surface area contributed by atoms with Crippen LogP contribution in [0.3, 0.4) is 0 Å². The van der Waals surface area contributed by atoms with E-state index in [1.807, 2.05) is 47.9 Å². The van der Waals surface area contributed by atoms with Crippen LogP contribution in [0.4, 0.5) is 5.95 Å². The molecule has 0 radical (unpaired) electrons. The van der Waals surface area contributed by atoms with E-state index >= 15 is 0 Å². The van der Waals surface area contributed by atoms with Crippen LogP contribution in [0.25, 0.3) is 0 Å². The lowest BCUT2D eigenvalue weighted by Crippen LogP contribution is -2.48. The molecule has 3 aliphatic rings. The van der Waals surface area contributed by atoms with Crippen LogP contribution in [0.5, 0.6) is 0 Å². The van der Waals surface area contributed by atoms with Gasteiger partial charge in [0.05, 0.1) is 5.69 Å². The van der Waals surface area contributed by atoms with Gasteiger partial charge in [-0.25, -0.2) is 9.97 Å². The summed E-state index contributed by atoms with van der Waals surface area (Å²) in [4.78, 5) is 26.6. The summed E-state index contributed by atoms with van der Waals surface area (Å²) >= 11 is 0. The molecular weight excluding hydrogens is 352 g/mol. The molecule has 1 aliphatic heterocycles. The summed E-state index contributed by atoms with van der Waals surface area (Å²) in [5, 5.41) is 4.54. The Bertz CT molecular complexity index is 927. The molecule has 1 spiro atoms. The summed E-state index contributed by atoms with van der Waals surface area (Å²) in [6.07, 6.45) is 8.55. The Labute approximate surface area is 165 Å². The second kappa shape index (κ2) is 6.29. The summed E-state index contributed by atoms with van der Waals surface area (Å²) in [6, 6.07) is 2.01. The van der Waals surface area contributed by atoms with Crippen LogP contribution < -0.4 is 4.90 Å². The Balaban J connectivity index is 1.42. The highest BCUT2D eigenvalue weighted by atomic mass is 16.2. The lowest BCUT2D eigenvalue weighted by atomic mass is 9.77. The van der Waals surface area contributed by atoms with Crippen molar-refractivity contribution in [3.05, 3.63) is 34.9 Å². The Morgan fingerprint density at radius 2 is 2.11 bits per heavy atom. The standard InChI is InChI=1S/C21H28N6O/c1-25(2)20-22-12-15-7-9-21(18(15)23-20)8-4-10-27(13-21)19(28)16-11-17(14-5-6-14)26(3)24-16/h11-12,14H,4-10,13H2,1-3H3. The zero-order valence-corrected chi connectivity index (χ0v) is 17.0. The number of hydrogen-bond donors (Lipinski definition) is 0. The molecule has 3 heterocycles. The molecule has 5 rings (SSSR count). The quantitative estimate of drug-likeness (QED) is 0.817. The zero-order chi connectivity index (χ0) is 19.5. The largest absolute Gasteiger partial charge is 0.347 e. The van der Waals surface area contributed by atoms with Crippen LogP contribution in [0.1, 0.15) is 65.5 Å². The summed E-state index contributed by atoms with van der Waals surface area (Å²) in [7, 11) is 5.90. The van der Waals surface area contributed by atoms with Crippen LogP contribution in [-0.2, 0) is 18.9 Å². The smallest absolute Gasteiger partial charge is 0.274 e. The Kier molecular flexibility index (Phi) is 3.96. The van der Waals surface area contributed by atoms with Crippen molar-refractivity contribution in [2.45, 2.75) is 49.9 Å². The highest BCUT2D eigenvalue weighted by molar-refractivity contribution is 5.92. The fourth-order valence-electron chi connectivity index (χ4n) is 4.96. The number of likely N-dealkylation sites (tertiary alicyclic amines) is 1. The second-order valence-electron chi connectivity index (χ2n) is 8.90. The number of aryl methyl sites for hydroxylation is 2. The Hall–Kier alpha value is -2.44. The third kappa shape index (κ3) is 2.79. The molecule has 148 valence electrons. The predicted octanol–water partition coefficient (Wildman–Crippen LogP) is 2.27. The minimum atomic E-state index is -0.0367. The number of carbonyl (C=O) groups is 1. The molecule has 2 fully saturated rings. The first kappa shape index (κ1) is 17.6. The molecule has 1 saturated carbocycles. The number of fused-ring (bicyclic) bond motifs is 2. The van der Waals surface area contributed by atoms with E-state index in [0.29, 0.717) is 11.6 Å². The number of piperidine rings is 1. The van der Waals surface area contributed by atoms with E-state index in [1.165, 1.54) is 24.1 Å². The van der Waals surface area contributed by atoms with Crippen molar-refractivity contribution >= 4 is 11.9 Å². The zero-order valence-electron chi connectivity index (χ0n) is 17.0. The van der Waals surface area contributed by atoms with Crippen molar-refractivity contribution in [2.24, 2.45) is 7.05 Å². The van der Waals surface area contributed by atoms with Crippen molar-refractivity contribution in [3.8, 4) is 0 Å². The first-order valence-electron chi connectivity index (χ1n) is 10.3. The molecule has 0 bridgehead atoms. The fraction of sp³-hybridized carbons (Fsp3) is 0.619. The third-order valence-corrected chi connectivity index (χ3v) is 6.62. The van der Waals surface area contributed by atoms with Gasteiger partial charge < -0.3 is 9.80 Å². The summed E-state index contributed by atoms with van der Waals surface area (Å²) in [5.41, 5.74) is 4.16. The van der Waals surface area contributed by atoms with Crippen LogP contribution in [-0.4, -0.2) is 57.7 Å². The lowest BCUT2D eigenvalue weighted by Gasteiger charge is -2.40. The van der Waals surface area contributed by atoms with Crippen molar-refractivity contribution in [3.63, 3.8) is 0 Å². The number of carbonyl (C=O) groups excluding carboxylic acids is 1. The van der Waals surface area contributed by atoms with Gasteiger partial charge in [-0.2, -0.15) is 5.10 Å². The molecule has 0 N–H and O–H groups in total. The molecule has 2 aromatic heterocycles. The van der Waals surface area contributed by atoms with Crippen LogP contribution in [0.2, 0.25) is 0 Å². The topological polar surface area (TPSA) is 67.2 Å². The van der Waals surface area contributed by atoms with Crippen LogP contribution >= 0.6 is 0 Å². The number of anilines is 1. The highest BCUT2D eigenvalue weighted by Gasteiger charge is 2.45. The van der Waals surface area contributed by atoms with Gasteiger partial charge in [-0.3, -0.25) is 9.48 Å². The van der Waals surface area contributed by atoms with Gasteiger partial charge in [0.25, 0.3) is 5.91 Å².